The molecule has 0 unspecified atom stereocenters. The Labute approximate surface area is 105 Å². The molecule has 2 heteroatoms. The Balaban J connectivity index is 1.74. The predicted octanol–water partition coefficient (Wildman–Crippen LogP) is 2.30. The summed E-state index contributed by atoms with van der Waals surface area (Å²) in [5.74, 6) is 0. The molecule has 0 spiro atoms. The lowest BCUT2D eigenvalue weighted by molar-refractivity contribution is 0.145. The summed E-state index contributed by atoms with van der Waals surface area (Å²) in [6.07, 6.45) is 2.47. The van der Waals surface area contributed by atoms with Gasteiger partial charge in [-0.05, 0) is 38.8 Å². The number of benzene rings is 1. The van der Waals surface area contributed by atoms with E-state index in [1.54, 1.807) is 0 Å². The van der Waals surface area contributed by atoms with Crippen LogP contribution < -0.4 is 5.32 Å². The molecule has 17 heavy (non-hydrogen) atoms. The number of hydrogen-bond acceptors (Lipinski definition) is 2. The molecule has 1 aliphatic rings. The standard InChI is InChI=1S/C15H24N2/c1-13-12-17(14(2)11-16-13)10-6-9-15-7-4-3-5-8-15/h3-5,7-8,13-14,16H,6,9-12H2,1-2H3/t13-,14+/m1/s1. The minimum atomic E-state index is 0.642. The van der Waals surface area contributed by atoms with Gasteiger partial charge in [0, 0.05) is 25.2 Å². The topological polar surface area (TPSA) is 15.3 Å². The van der Waals surface area contributed by atoms with Gasteiger partial charge in [0.2, 0.25) is 0 Å². The van der Waals surface area contributed by atoms with Crippen molar-refractivity contribution in [2.75, 3.05) is 19.6 Å². The van der Waals surface area contributed by atoms with Crippen molar-refractivity contribution < 1.29 is 0 Å². The van der Waals surface area contributed by atoms with Crippen molar-refractivity contribution in [3.05, 3.63) is 35.9 Å². The van der Waals surface area contributed by atoms with E-state index in [1.807, 2.05) is 0 Å². The number of nitrogens with one attached hydrogen (secondary N) is 1. The normalized spacial score (nSPS) is 26.0. The molecule has 0 bridgehead atoms. The first-order chi connectivity index (χ1) is 8.25. The van der Waals surface area contributed by atoms with Gasteiger partial charge in [0.1, 0.15) is 0 Å². The van der Waals surface area contributed by atoms with Crippen LogP contribution in [0.4, 0.5) is 0 Å². The fourth-order valence-electron chi connectivity index (χ4n) is 2.54. The van der Waals surface area contributed by atoms with Gasteiger partial charge in [-0.25, -0.2) is 0 Å². The first-order valence-corrected chi connectivity index (χ1v) is 6.77. The second kappa shape index (κ2) is 6.18. The smallest absolute Gasteiger partial charge is 0.0193 e. The molecule has 0 radical (unpaired) electrons. The predicted molar refractivity (Wildman–Crippen MR) is 73.3 cm³/mol. The molecule has 1 N–H and O–H groups in total. The lowest BCUT2D eigenvalue weighted by Crippen LogP contribution is -2.54. The van der Waals surface area contributed by atoms with Crippen LogP contribution in [0.1, 0.15) is 25.8 Å². The monoisotopic (exact) mass is 232 g/mol. The average Bonchev–Trinajstić information content (AvgIpc) is 2.35. The maximum atomic E-state index is 3.53. The zero-order valence-corrected chi connectivity index (χ0v) is 11.0. The van der Waals surface area contributed by atoms with Crippen molar-refractivity contribution >= 4 is 0 Å². The van der Waals surface area contributed by atoms with E-state index >= 15 is 0 Å². The van der Waals surface area contributed by atoms with E-state index < -0.39 is 0 Å². The molecular formula is C15H24N2. The Morgan fingerprint density at radius 1 is 1.24 bits per heavy atom. The number of piperazine rings is 1. The lowest BCUT2D eigenvalue weighted by atomic mass is 10.1. The highest BCUT2D eigenvalue weighted by molar-refractivity contribution is 5.14. The summed E-state index contributed by atoms with van der Waals surface area (Å²) >= 11 is 0. The summed E-state index contributed by atoms with van der Waals surface area (Å²) in [5.41, 5.74) is 1.46. The Morgan fingerprint density at radius 2 is 2.00 bits per heavy atom. The van der Waals surface area contributed by atoms with E-state index in [2.05, 4.69) is 54.4 Å². The van der Waals surface area contributed by atoms with Crippen LogP contribution in [0.5, 0.6) is 0 Å². The third kappa shape index (κ3) is 3.83. The third-order valence-electron chi connectivity index (χ3n) is 3.65. The van der Waals surface area contributed by atoms with Crippen LogP contribution in [-0.4, -0.2) is 36.6 Å². The fourth-order valence-corrected chi connectivity index (χ4v) is 2.54. The third-order valence-corrected chi connectivity index (χ3v) is 3.65. The van der Waals surface area contributed by atoms with Crippen LogP contribution in [-0.2, 0) is 6.42 Å². The van der Waals surface area contributed by atoms with E-state index in [-0.39, 0.29) is 0 Å². The molecule has 1 aromatic carbocycles. The molecular weight excluding hydrogens is 208 g/mol. The second-order valence-corrected chi connectivity index (χ2v) is 5.24. The van der Waals surface area contributed by atoms with Crippen molar-refractivity contribution in [1.82, 2.24) is 10.2 Å². The summed E-state index contributed by atoms with van der Waals surface area (Å²) < 4.78 is 0. The molecule has 2 nitrogen and oxygen atoms in total. The van der Waals surface area contributed by atoms with Gasteiger partial charge in [-0.3, -0.25) is 4.90 Å². The van der Waals surface area contributed by atoms with Crippen molar-refractivity contribution in [2.24, 2.45) is 0 Å². The molecule has 2 atom stereocenters. The highest BCUT2D eigenvalue weighted by Gasteiger charge is 2.21. The Morgan fingerprint density at radius 3 is 2.76 bits per heavy atom. The molecule has 2 rings (SSSR count). The minimum Gasteiger partial charge on any atom is -0.311 e. The van der Waals surface area contributed by atoms with Gasteiger partial charge in [0.15, 0.2) is 0 Å². The molecule has 0 amide bonds. The zero-order chi connectivity index (χ0) is 12.1. The Bertz CT molecular complexity index is 323. The fraction of sp³-hybridized carbons (Fsp3) is 0.600. The maximum absolute atomic E-state index is 3.53. The molecule has 1 aliphatic heterocycles. The summed E-state index contributed by atoms with van der Waals surface area (Å²) in [6.45, 7) is 8.14. The van der Waals surface area contributed by atoms with Gasteiger partial charge in [-0.2, -0.15) is 0 Å². The molecule has 94 valence electrons. The first kappa shape index (κ1) is 12.6. The Kier molecular flexibility index (Phi) is 4.57. The van der Waals surface area contributed by atoms with Crippen LogP contribution in [0.3, 0.4) is 0 Å². The highest BCUT2D eigenvalue weighted by atomic mass is 15.2. The van der Waals surface area contributed by atoms with Gasteiger partial charge in [0.25, 0.3) is 0 Å². The van der Waals surface area contributed by atoms with Crippen molar-refractivity contribution in [2.45, 2.75) is 38.8 Å². The van der Waals surface area contributed by atoms with Crippen LogP contribution >= 0.6 is 0 Å². The van der Waals surface area contributed by atoms with Crippen LogP contribution in [0, 0.1) is 0 Å². The van der Waals surface area contributed by atoms with Crippen molar-refractivity contribution in [3.8, 4) is 0 Å². The molecule has 1 heterocycles. The summed E-state index contributed by atoms with van der Waals surface area (Å²) in [6, 6.07) is 12.1. The van der Waals surface area contributed by atoms with E-state index in [0.717, 1.165) is 6.54 Å². The van der Waals surface area contributed by atoms with Crippen LogP contribution in [0.25, 0.3) is 0 Å². The van der Waals surface area contributed by atoms with Gasteiger partial charge < -0.3 is 5.32 Å². The number of nitrogens with zero attached hydrogens (tertiary/aromatic N) is 1. The molecule has 0 aliphatic carbocycles. The lowest BCUT2D eigenvalue weighted by Gasteiger charge is -2.37. The quantitative estimate of drug-likeness (QED) is 0.857. The Hall–Kier alpha value is -0.860. The summed E-state index contributed by atoms with van der Waals surface area (Å²) in [5, 5.41) is 3.53. The second-order valence-electron chi connectivity index (χ2n) is 5.24. The van der Waals surface area contributed by atoms with Gasteiger partial charge in [0.05, 0.1) is 0 Å². The van der Waals surface area contributed by atoms with E-state index in [1.165, 1.54) is 31.5 Å². The van der Waals surface area contributed by atoms with E-state index in [9.17, 15) is 0 Å². The van der Waals surface area contributed by atoms with Crippen LogP contribution in [0.15, 0.2) is 30.3 Å². The van der Waals surface area contributed by atoms with Gasteiger partial charge in [-0.15, -0.1) is 0 Å². The SMILES string of the molecule is C[C@@H]1CN(CCCc2ccccc2)[C@@H](C)CN1. The molecule has 0 saturated carbocycles. The minimum absolute atomic E-state index is 0.642. The van der Waals surface area contributed by atoms with Crippen molar-refractivity contribution in [3.63, 3.8) is 0 Å². The first-order valence-electron chi connectivity index (χ1n) is 6.77. The number of rotatable bonds is 4. The molecule has 1 aromatic rings. The molecule has 0 aromatic heterocycles. The average molecular weight is 232 g/mol. The largest absolute Gasteiger partial charge is 0.311 e. The van der Waals surface area contributed by atoms with E-state index in [4.69, 9.17) is 0 Å². The van der Waals surface area contributed by atoms with E-state index in [0.29, 0.717) is 12.1 Å². The van der Waals surface area contributed by atoms with Crippen molar-refractivity contribution in [1.29, 1.82) is 0 Å². The highest BCUT2D eigenvalue weighted by Crippen LogP contribution is 2.09. The van der Waals surface area contributed by atoms with Crippen LogP contribution in [0.2, 0.25) is 0 Å². The number of aryl methyl sites for hydroxylation is 1. The van der Waals surface area contributed by atoms with Gasteiger partial charge >= 0.3 is 0 Å². The summed E-state index contributed by atoms with van der Waals surface area (Å²) in [4.78, 5) is 2.62. The zero-order valence-electron chi connectivity index (χ0n) is 11.0. The maximum Gasteiger partial charge on any atom is 0.0193 e. The molecule has 1 saturated heterocycles. The summed E-state index contributed by atoms with van der Waals surface area (Å²) in [7, 11) is 0. The van der Waals surface area contributed by atoms with Gasteiger partial charge in [-0.1, -0.05) is 30.3 Å². The number of hydrogen-bond donors (Lipinski definition) is 1. The molecule has 1 fully saturated rings.